The maximum atomic E-state index is 12.8. The molecule has 1 atom stereocenters. The normalized spacial score (nSPS) is 23.2. The molecule has 1 aromatic carbocycles. The molecule has 0 radical (unpaired) electrons. The minimum Gasteiger partial charge on any atom is -0.378 e. The van der Waals surface area contributed by atoms with Crippen molar-refractivity contribution >= 4 is 11.9 Å². The predicted molar refractivity (Wildman–Crippen MR) is 115 cm³/mol. The Bertz CT molecular complexity index is 755. The van der Waals surface area contributed by atoms with Crippen LogP contribution in [-0.4, -0.2) is 97.6 Å². The Labute approximate surface area is 179 Å². The maximum Gasteiger partial charge on any atom is 0.320 e. The van der Waals surface area contributed by atoms with Gasteiger partial charge in [-0.15, -0.1) is 0 Å². The number of carbonyl (C=O) groups is 2. The number of morpholine rings is 1. The second-order valence-corrected chi connectivity index (χ2v) is 8.79. The lowest BCUT2D eigenvalue weighted by Crippen LogP contribution is -2.54. The van der Waals surface area contributed by atoms with E-state index in [1.165, 1.54) is 11.1 Å². The Morgan fingerprint density at radius 2 is 1.67 bits per heavy atom. The largest absolute Gasteiger partial charge is 0.378 e. The van der Waals surface area contributed by atoms with E-state index in [4.69, 9.17) is 4.74 Å². The van der Waals surface area contributed by atoms with Crippen LogP contribution in [0.25, 0.3) is 0 Å². The zero-order valence-corrected chi connectivity index (χ0v) is 18.3. The van der Waals surface area contributed by atoms with E-state index in [9.17, 15) is 9.59 Å². The van der Waals surface area contributed by atoms with E-state index in [0.717, 1.165) is 38.9 Å². The molecule has 7 nitrogen and oxygen atoms in total. The van der Waals surface area contributed by atoms with Gasteiger partial charge in [-0.25, -0.2) is 4.79 Å². The van der Waals surface area contributed by atoms with E-state index in [0.29, 0.717) is 38.8 Å². The summed E-state index contributed by atoms with van der Waals surface area (Å²) >= 11 is 0. The van der Waals surface area contributed by atoms with E-state index in [1.807, 2.05) is 23.9 Å². The van der Waals surface area contributed by atoms with Gasteiger partial charge in [-0.1, -0.05) is 24.3 Å². The van der Waals surface area contributed by atoms with Gasteiger partial charge in [-0.3, -0.25) is 9.69 Å². The van der Waals surface area contributed by atoms with Crippen molar-refractivity contribution in [1.29, 1.82) is 0 Å². The van der Waals surface area contributed by atoms with Crippen LogP contribution < -0.4 is 0 Å². The molecule has 0 spiro atoms. The molecule has 3 aliphatic heterocycles. The highest BCUT2D eigenvalue weighted by molar-refractivity contribution is 5.76. The summed E-state index contributed by atoms with van der Waals surface area (Å²) in [4.78, 5) is 33.6. The van der Waals surface area contributed by atoms with E-state index >= 15 is 0 Å². The first-order valence-corrected chi connectivity index (χ1v) is 11.2. The van der Waals surface area contributed by atoms with Crippen molar-refractivity contribution in [3.8, 4) is 0 Å². The van der Waals surface area contributed by atoms with Crippen molar-refractivity contribution in [3.05, 3.63) is 35.4 Å². The molecule has 2 fully saturated rings. The Hall–Kier alpha value is -2.12. The molecule has 164 valence electrons. The summed E-state index contributed by atoms with van der Waals surface area (Å²) in [5.41, 5.74) is 2.66. The summed E-state index contributed by atoms with van der Waals surface area (Å²) in [5.74, 6) is 0.168. The number of urea groups is 1. The fraction of sp³-hybridized carbons (Fsp3) is 0.652. The molecule has 0 saturated carbocycles. The van der Waals surface area contributed by atoms with Crippen molar-refractivity contribution in [1.82, 2.24) is 19.6 Å². The Balaban J connectivity index is 1.43. The van der Waals surface area contributed by atoms with Gasteiger partial charge in [-0.2, -0.15) is 0 Å². The highest BCUT2D eigenvalue weighted by Crippen LogP contribution is 2.36. The lowest BCUT2D eigenvalue weighted by atomic mass is 9.87. The number of rotatable bonds is 3. The third-order valence-electron chi connectivity index (χ3n) is 6.81. The molecule has 2 saturated heterocycles. The number of amides is 3. The number of likely N-dealkylation sites (tertiary alicyclic amines) is 1. The summed E-state index contributed by atoms with van der Waals surface area (Å²) in [7, 11) is 3.66. The van der Waals surface area contributed by atoms with Crippen LogP contribution in [0, 0.1) is 0 Å². The summed E-state index contributed by atoms with van der Waals surface area (Å²) in [6.45, 7) is 5.20. The van der Waals surface area contributed by atoms with Crippen molar-refractivity contribution in [2.24, 2.45) is 0 Å². The van der Waals surface area contributed by atoms with Gasteiger partial charge in [-0.05, 0) is 30.4 Å². The van der Waals surface area contributed by atoms with Crippen LogP contribution in [0.4, 0.5) is 4.79 Å². The molecule has 3 heterocycles. The van der Waals surface area contributed by atoms with E-state index in [2.05, 4.69) is 29.2 Å². The Morgan fingerprint density at radius 1 is 1.00 bits per heavy atom. The van der Waals surface area contributed by atoms with Crippen LogP contribution in [-0.2, 0) is 16.0 Å². The average molecular weight is 415 g/mol. The first kappa shape index (κ1) is 21.1. The van der Waals surface area contributed by atoms with Gasteiger partial charge in [0.1, 0.15) is 0 Å². The van der Waals surface area contributed by atoms with Crippen molar-refractivity contribution in [3.63, 3.8) is 0 Å². The van der Waals surface area contributed by atoms with E-state index in [1.54, 1.807) is 4.90 Å². The Morgan fingerprint density at radius 3 is 2.37 bits per heavy atom. The summed E-state index contributed by atoms with van der Waals surface area (Å²) in [5, 5.41) is 0. The topological polar surface area (TPSA) is 56.3 Å². The Kier molecular flexibility index (Phi) is 6.58. The minimum atomic E-state index is 0.122. The smallest absolute Gasteiger partial charge is 0.320 e. The van der Waals surface area contributed by atoms with Crippen molar-refractivity contribution < 1.29 is 14.3 Å². The number of nitrogens with zero attached hydrogens (tertiary/aromatic N) is 4. The molecule has 0 aliphatic carbocycles. The lowest BCUT2D eigenvalue weighted by molar-refractivity contribution is -0.130. The highest BCUT2D eigenvalue weighted by atomic mass is 16.5. The number of ether oxygens (including phenoxy) is 1. The van der Waals surface area contributed by atoms with Gasteiger partial charge in [0.2, 0.25) is 5.91 Å². The third-order valence-corrected chi connectivity index (χ3v) is 6.81. The van der Waals surface area contributed by atoms with Crippen LogP contribution >= 0.6 is 0 Å². The van der Waals surface area contributed by atoms with Crippen LogP contribution in [0.5, 0.6) is 0 Å². The second-order valence-electron chi connectivity index (χ2n) is 8.79. The SMILES string of the molecule is CN(C)C(=O)CC1c2ccccc2CCN1C1CCN(C(=O)N2CCOCC2)CC1. The molecule has 7 heteroatoms. The molecule has 3 amide bonds. The van der Waals surface area contributed by atoms with E-state index < -0.39 is 0 Å². The zero-order valence-electron chi connectivity index (χ0n) is 18.3. The molecule has 1 aromatic rings. The van der Waals surface area contributed by atoms with Gasteiger partial charge in [0.15, 0.2) is 0 Å². The lowest BCUT2D eigenvalue weighted by Gasteiger charge is -2.46. The molecule has 3 aliphatic rings. The standard InChI is InChI=1S/C23H34N4O3/c1-24(2)22(28)17-21-20-6-4-3-5-18(20)7-12-27(21)19-8-10-25(11-9-19)23(29)26-13-15-30-16-14-26/h3-6,19,21H,7-17H2,1-2H3. The predicted octanol–water partition coefficient (Wildman–Crippen LogP) is 1.98. The van der Waals surface area contributed by atoms with Gasteiger partial charge >= 0.3 is 6.03 Å². The quantitative estimate of drug-likeness (QED) is 0.759. The number of carbonyl (C=O) groups excluding carboxylic acids is 2. The third kappa shape index (κ3) is 4.47. The highest BCUT2D eigenvalue weighted by Gasteiger charge is 2.36. The second kappa shape index (κ2) is 9.35. The van der Waals surface area contributed by atoms with Crippen LogP contribution in [0.3, 0.4) is 0 Å². The van der Waals surface area contributed by atoms with Gasteiger partial charge < -0.3 is 19.4 Å². The number of piperidine rings is 1. The summed E-state index contributed by atoms with van der Waals surface area (Å²) in [6.07, 6.45) is 3.46. The summed E-state index contributed by atoms with van der Waals surface area (Å²) in [6, 6.07) is 9.24. The van der Waals surface area contributed by atoms with Gasteiger partial charge in [0.25, 0.3) is 0 Å². The minimum absolute atomic E-state index is 0.122. The van der Waals surface area contributed by atoms with Crippen molar-refractivity contribution in [2.75, 3.05) is 60.0 Å². The van der Waals surface area contributed by atoms with Gasteiger partial charge in [0, 0.05) is 65.3 Å². The molecule has 1 unspecified atom stereocenters. The zero-order chi connectivity index (χ0) is 21.1. The monoisotopic (exact) mass is 414 g/mol. The average Bonchev–Trinajstić information content (AvgIpc) is 2.79. The summed E-state index contributed by atoms with van der Waals surface area (Å²) < 4.78 is 5.37. The molecule has 0 aromatic heterocycles. The van der Waals surface area contributed by atoms with Gasteiger partial charge in [0.05, 0.1) is 13.2 Å². The molecule has 4 rings (SSSR count). The number of hydrogen-bond donors (Lipinski definition) is 0. The number of hydrogen-bond acceptors (Lipinski definition) is 4. The van der Waals surface area contributed by atoms with Crippen LogP contribution in [0.1, 0.15) is 36.4 Å². The number of benzene rings is 1. The first-order valence-electron chi connectivity index (χ1n) is 11.2. The van der Waals surface area contributed by atoms with Crippen molar-refractivity contribution in [2.45, 2.75) is 37.8 Å². The fourth-order valence-electron chi connectivity index (χ4n) is 5.03. The van der Waals surface area contributed by atoms with Crippen LogP contribution in [0.2, 0.25) is 0 Å². The van der Waals surface area contributed by atoms with Crippen LogP contribution in [0.15, 0.2) is 24.3 Å². The molecular formula is C23H34N4O3. The molecule has 0 N–H and O–H groups in total. The molecule has 0 bridgehead atoms. The molecule has 30 heavy (non-hydrogen) atoms. The first-order chi connectivity index (χ1) is 14.5. The maximum absolute atomic E-state index is 12.8. The molecular weight excluding hydrogens is 380 g/mol. The number of fused-ring (bicyclic) bond motifs is 1. The van der Waals surface area contributed by atoms with E-state index in [-0.39, 0.29) is 18.0 Å². The fourth-order valence-corrected chi connectivity index (χ4v) is 5.03.